The van der Waals surface area contributed by atoms with Crippen molar-refractivity contribution in [2.45, 2.75) is 108 Å². The normalized spacial score (nSPS) is 25.3. The first kappa shape index (κ1) is 36.3. The minimum atomic E-state index is -0.875. The Balaban J connectivity index is 1.46. The molecule has 260 valence electrons. The molecular weight excluding hydrogens is 596 g/mol. The average Bonchev–Trinajstić information content (AvgIpc) is 3.01. The fraction of sp³-hybridized carbons (Fsp3) is 0.686. The van der Waals surface area contributed by atoms with Crippen molar-refractivity contribution in [1.82, 2.24) is 10.6 Å². The smallest absolute Gasteiger partial charge is 0.239 e. The maximum atomic E-state index is 13.9. The minimum Gasteiger partial charge on any atom is -0.370 e. The Morgan fingerprint density at radius 2 is 1.43 bits per heavy atom. The highest BCUT2D eigenvalue weighted by molar-refractivity contribution is 5.94. The molecule has 0 radical (unpaired) electrons. The third-order valence-corrected chi connectivity index (χ3v) is 10.6. The highest BCUT2D eigenvalue weighted by Gasteiger charge is 2.51. The van der Waals surface area contributed by atoms with Crippen LogP contribution in [0, 0.1) is 29.1 Å². The fourth-order valence-corrected chi connectivity index (χ4v) is 8.80. The van der Waals surface area contributed by atoms with Gasteiger partial charge in [0.1, 0.15) is 6.04 Å². The predicted molar refractivity (Wildman–Crippen MR) is 182 cm³/mol. The lowest BCUT2D eigenvalue weighted by Gasteiger charge is -2.57. The van der Waals surface area contributed by atoms with Crippen LogP contribution in [0.2, 0.25) is 0 Å². The number of guanidine groups is 1. The van der Waals surface area contributed by atoms with Gasteiger partial charge in [0.15, 0.2) is 11.7 Å². The van der Waals surface area contributed by atoms with Crippen molar-refractivity contribution in [3.63, 3.8) is 0 Å². The third-order valence-electron chi connectivity index (χ3n) is 10.6. The molecule has 3 amide bonds. The summed E-state index contributed by atoms with van der Waals surface area (Å²) in [6.45, 7) is 0.755. The summed E-state index contributed by atoms with van der Waals surface area (Å²) in [4.78, 5) is 57.4. The van der Waals surface area contributed by atoms with Gasteiger partial charge >= 0.3 is 0 Å². The Morgan fingerprint density at radius 1 is 0.830 bits per heavy atom. The van der Waals surface area contributed by atoms with E-state index in [4.69, 9.17) is 28.7 Å². The Kier molecular flexibility index (Phi) is 13.2. The number of benzene rings is 1. The highest BCUT2D eigenvalue weighted by atomic mass is 16.2. The van der Waals surface area contributed by atoms with Crippen LogP contribution in [0.3, 0.4) is 0 Å². The molecule has 1 aromatic carbocycles. The van der Waals surface area contributed by atoms with Gasteiger partial charge < -0.3 is 39.3 Å². The second kappa shape index (κ2) is 17.1. The van der Waals surface area contributed by atoms with Crippen LogP contribution in [0.25, 0.3) is 0 Å². The standard InChI is InChI=1S/C35H56N8O4/c36-11-5-4-9-29(31(38)45)43-32(46)26(16-22-7-2-1-3-8-22)17-30(44)28(10-6-12-41-34(39)40)42-33(47)27(37)21-35-18-23-13-24(19-35)15-25(14-23)20-35/h1-3,7-8,23-29H,4-6,9-21,36-37H2,(H2,38,45)(H,42,47)(H,43,46)(H4,39,40,41)/t23?,24?,25?,26-,27+,28-,29+,35?/m1/s1. The van der Waals surface area contributed by atoms with Gasteiger partial charge in [-0.25, -0.2) is 0 Å². The van der Waals surface area contributed by atoms with Gasteiger partial charge in [-0.15, -0.1) is 0 Å². The molecule has 0 spiro atoms. The summed E-state index contributed by atoms with van der Waals surface area (Å²) < 4.78 is 0. The summed E-state index contributed by atoms with van der Waals surface area (Å²) in [6, 6.07) is 6.89. The van der Waals surface area contributed by atoms with Crippen LogP contribution < -0.4 is 39.3 Å². The number of aliphatic imine (C=N–C) groups is 1. The van der Waals surface area contributed by atoms with E-state index in [-0.39, 0.29) is 42.3 Å². The first-order chi connectivity index (χ1) is 22.5. The summed E-state index contributed by atoms with van der Waals surface area (Å²) in [5.74, 6) is -0.347. The molecule has 4 saturated carbocycles. The quantitative estimate of drug-likeness (QED) is 0.0616. The lowest BCUT2D eigenvalue weighted by atomic mass is 9.48. The van der Waals surface area contributed by atoms with Gasteiger partial charge in [0.25, 0.3) is 0 Å². The number of ketones is 1. The number of hydrogen-bond donors (Lipinski definition) is 7. The molecule has 0 aliphatic heterocycles. The van der Waals surface area contributed by atoms with Crippen molar-refractivity contribution in [3.05, 3.63) is 35.9 Å². The van der Waals surface area contributed by atoms with Gasteiger partial charge in [0, 0.05) is 18.9 Å². The van der Waals surface area contributed by atoms with Gasteiger partial charge in [-0.05, 0) is 119 Å². The van der Waals surface area contributed by atoms with Gasteiger partial charge in [-0.2, -0.15) is 0 Å². The van der Waals surface area contributed by atoms with Gasteiger partial charge in [0.05, 0.1) is 12.1 Å². The Morgan fingerprint density at radius 3 is 2.00 bits per heavy atom. The summed E-state index contributed by atoms with van der Waals surface area (Å²) in [5, 5.41) is 5.72. The van der Waals surface area contributed by atoms with Crippen LogP contribution in [-0.2, 0) is 25.6 Å². The van der Waals surface area contributed by atoms with E-state index in [0.717, 1.165) is 42.6 Å². The Labute approximate surface area is 278 Å². The lowest BCUT2D eigenvalue weighted by molar-refractivity contribution is -0.134. The number of nitrogens with zero attached hydrogens (tertiary/aromatic N) is 1. The van der Waals surface area contributed by atoms with Crippen molar-refractivity contribution in [2.75, 3.05) is 13.1 Å². The zero-order valence-corrected chi connectivity index (χ0v) is 27.7. The predicted octanol–water partition coefficient (Wildman–Crippen LogP) is 1.38. The molecule has 0 unspecified atom stereocenters. The third kappa shape index (κ3) is 10.8. The number of primary amides is 1. The van der Waals surface area contributed by atoms with E-state index in [1.165, 1.54) is 19.3 Å². The monoisotopic (exact) mass is 652 g/mol. The van der Waals surface area contributed by atoms with Crippen LogP contribution in [0.5, 0.6) is 0 Å². The molecule has 12 N–H and O–H groups in total. The van der Waals surface area contributed by atoms with E-state index < -0.39 is 35.9 Å². The molecule has 4 fully saturated rings. The molecule has 4 bridgehead atoms. The van der Waals surface area contributed by atoms with E-state index in [2.05, 4.69) is 15.6 Å². The van der Waals surface area contributed by atoms with Crippen LogP contribution in [0.1, 0.15) is 89.0 Å². The van der Waals surface area contributed by atoms with Crippen molar-refractivity contribution in [2.24, 2.45) is 62.7 Å². The highest BCUT2D eigenvalue weighted by Crippen LogP contribution is 2.61. The van der Waals surface area contributed by atoms with E-state index >= 15 is 0 Å². The molecule has 0 heterocycles. The SMILES string of the molecule is NCCCC[C@H](NC(=O)[C@@H](CC(=O)[C@@H](CCCN=C(N)N)NC(=O)[C@@H](N)CC12CC3CC(CC(C3)C1)C2)Cc1ccccc1)C(N)=O. The molecule has 0 saturated heterocycles. The Bertz CT molecular complexity index is 1220. The van der Waals surface area contributed by atoms with Crippen LogP contribution in [0.4, 0.5) is 0 Å². The van der Waals surface area contributed by atoms with Crippen molar-refractivity contribution in [3.8, 4) is 0 Å². The number of Topliss-reactive ketones (excluding diaryl/α,β-unsaturated/α-hetero) is 1. The number of nitrogens with one attached hydrogen (secondary N) is 2. The molecule has 12 heteroatoms. The summed E-state index contributed by atoms with van der Waals surface area (Å²) in [6.07, 6.45) is 10.5. The first-order valence-corrected chi connectivity index (χ1v) is 17.4. The minimum absolute atomic E-state index is 0.0513. The van der Waals surface area contributed by atoms with E-state index in [1.54, 1.807) is 0 Å². The molecule has 1 aromatic rings. The summed E-state index contributed by atoms with van der Waals surface area (Å²) in [7, 11) is 0. The first-order valence-electron chi connectivity index (χ1n) is 17.4. The zero-order valence-electron chi connectivity index (χ0n) is 27.7. The van der Waals surface area contributed by atoms with E-state index in [0.29, 0.717) is 45.2 Å². The number of amides is 3. The van der Waals surface area contributed by atoms with E-state index in [1.807, 2.05) is 30.3 Å². The molecule has 12 nitrogen and oxygen atoms in total. The van der Waals surface area contributed by atoms with Gasteiger partial charge in [0.2, 0.25) is 17.7 Å². The number of carbonyl (C=O) groups excluding carboxylic acids is 4. The maximum Gasteiger partial charge on any atom is 0.239 e. The summed E-state index contributed by atoms with van der Waals surface area (Å²) in [5.41, 5.74) is 29.7. The van der Waals surface area contributed by atoms with Gasteiger partial charge in [-0.1, -0.05) is 30.3 Å². The lowest BCUT2D eigenvalue weighted by Crippen LogP contribution is -2.53. The maximum absolute atomic E-state index is 13.9. The van der Waals surface area contributed by atoms with Crippen LogP contribution in [-0.4, -0.2) is 60.7 Å². The zero-order chi connectivity index (χ0) is 34.0. The number of nitrogens with two attached hydrogens (primary N) is 5. The average molecular weight is 653 g/mol. The Hall–Kier alpha value is -3.51. The van der Waals surface area contributed by atoms with Crippen LogP contribution >= 0.6 is 0 Å². The molecule has 47 heavy (non-hydrogen) atoms. The molecule has 0 aromatic heterocycles. The second-order valence-corrected chi connectivity index (χ2v) is 14.5. The summed E-state index contributed by atoms with van der Waals surface area (Å²) >= 11 is 0. The number of rotatable bonds is 20. The number of unbranched alkanes of at least 4 members (excludes halogenated alkanes) is 1. The van der Waals surface area contributed by atoms with Crippen molar-refractivity contribution >= 4 is 29.5 Å². The topological polar surface area (TPSA) is 235 Å². The number of hydrogen-bond acceptors (Lipinski definition) is 7. The van der Waals surface area contributed by atoms with Crippen molar-refractivity contribution < 1.29 is 19.2 Å². The van der Waals surface area contributed by atoms with E-state index in [9.17, 15) is 19.2 Å². The number of carbonyl (C=O) groups is 4. The van der Waals surface area contributed by atoms with Gasteiger partial charge in [-0.3, -0.25) is 24.2 Å². The largest absolute Gasteiger partial charge is 0.370 e. The molecule has 4 atom stereocenters. The van der Waals surface area contributed by atoms with Crippen molar-refractivity contribution in [1.29, 1.82) is 0 Å². The second-order valence-electron chi connectivity index (χ2n) is 14.5. The molecular formula is C35H56N8O4. The molecule has 5 rings (SSSR count). The molecule has 4 aliphatic carbocycles. The molecule has 4 aliphatic rings. The van der Waals surface area contributed by atoms with Crippen LogP contribution in [0.15, 0.2) is 35.3 Å². The fourth-order valence-electron chi connectivity index (χ4n) is 8.80.